The van der Waals surface area contributed by atoms with E-state index in [-0.39, 0.29) is 18.6 Å². The molecule has 0 saturated carbocycles. The monoisotopic (exact) mass is 262 g/mol. The molecule has 17 heavy (non-hydrogen) atoms. The van der Waals surface area contributed by atoms with Crippen LogP contribution in [0.25, 0.3) is 0 Å². The maximum Gasteiger partial charge on any atom is 0.236 e. The van der Waals surface area contributed by atoms with Gasteiger partial charge in [0.05, 0.1) is 6.04 Å². The van der Waals surface area contributed by atoms with Gasteiger partial charge in [-0.3, -0.25) is 4.79 Å². The fourth-order valence-electron chi connectivity index (χ4n) is 1.17. The van der Waals surface area contributed by atoms with Crippen molar-refractivity contribution in [1.82, 2.24) is 10.6 Å². The molecule has 0 heterocycles. The van der Waals surface area contributed by atoms with Crippen molar-refractivity contribution < 1.29 is 9.90 Å². The zero-order valence-corrected chi connectivity index (χ0v) is 12.0. The molecule has 0 aromatic heterocycles. The quantitative estimate of drug-likeness (QED) is 0.511. The summed E-state index contributed by atoms with van der Waals surface area (Å²) in [6.07, 6.45) is 0.842. The molecule has 0 aromatic carbocycles. The van der Waals surface area contributed by atoms with Crippen molar-refractivity contribution >= 4 is 17.7 Å². The van der Waals surface area contributed by atoms with E-state index >= 15 is 0 Å². The lowest BCUT2D eigenvalue weighted by Crippen LogP contribution is -2.43. The van der Waals surface area contributed by atoms with Crippen molar-refractivity contribution in [2.75, 3.05) is 31.2 Å². The second kappa shape index (κ2) is 10.9. The Morgan fingerprint density at radius 3 is 2.59 bits per heavy atom. The van der Waals surface area contributed by atoms with Gasteiger partial charge in [-0.1, -0.05) is 13.8 Å². The van der Waals surface area contributed by atoms with E-state index in [4.69, 9.17) is 5.11 Å². The number of thioether (sulfide) groups is 1. The molecule has 0 aromatic rings. The van der Waals surface area contributed by atoms with Gasteiger partial charge in [0.2, 0.25) is 5.91 Å². The molecule has 0 bridgehead atoms. The standard InChI is InChI=1S/C12H26N2O2S/c1-10(2)9-14-12(16)11(3)13-5-8-17-7-4-6-15/h10-11,13,15H,4-9H2,1-3H3,(H,14,16). The number of carbonyl (C=O) groups is 1. The van der Waals surface area contributed by atoms with Gasteiger partial charge in [-0.25, -0.2) is 0 Å². The third-order valence-electron chi connectivity index (χ3n) is 2.22. The summed E-state index contributed by atoms with van der Waals surface area (Å²) >= 11 is 1.80. The highest BCUT2D eigenvalue weighted by Gasteiger charge is 2.11. The average molecular weight is 262 g/mol. The fraction of sp³-hybridized carbons (Fsp3) is 0.917. The molecular formula is C12H26N2O2S. The van der Waals surface area contributed by atoms with E-state index in [1.165, 1.54) is 0 Å². The largest absolute Gasteiger partial charge is 0.396 e. The van der Waals surface area contributed by atoms with Gasteiger partial charge in [0, 0.05) is 25.4 Å². The van der Waals surface area contributed by atoms with Gasteiger partial charge in [-0.05, 0) is 25.0 Å². The van der Waals surface area contributed by atoms with Crippen LogP contribution in [0.5, 0.6) is 0 Å². The lowest BCUT2D eigenvalue weighted by molar-refractivity contribution is -0.122. The first-order valence-electron chi connectivity index (χ1n) is 6.27. The van der Waals surface area contributed by atoms with Crippen LogP contribution < -0.4 is 10.6 Å². The molecule has 0 spiro atoms. The van der Waals surface area contributed by atoms with Crippen LogP contribution in [-0.4, -0.2) is 48.3 Å². The molecule has 0 rings (SSSR count). The number of rotatable bonds is 10. The van der Waals surface area contributed by atoms with Gasteiger partial charge in [-0.2, -0.15) is 11.8 Å². The molecular weight excluding hydrogens is 236 g/mol. The number of aliphatic hydroxyl groups is 1. The molecule has 0 radical (unpaired) electrons. The van der Waals surface area contributed by atoms with Crippen LogP contribution in [0.3, 0.4) is 0 Å². The van der Waals surface area contributed by atoms with Gasteiger partial charge in [0.15, 0.2) is 0 Å². The minimum Gasteiger partial charge on any atom is -0.396 e. The zero-order chi connectivity index (χ0) is 13.1. The van der Waals surface area contributed by atoms with Crippen molar-refractivity contribution in [3.63, 3.8) is 0 Å². The van der Waals surface area contributed by atoms with Crippen molar-refractivity contribution in [2.45, 2.75) is 33.2 Å². The molecule has 102 valence electrons. The number of nitrogens with one attached hydrogen (secondary N) is 2. The smallest absolute Gasteiger partial charge is 0.236 e. The highest BCUT2D eigenvalue weighted by atomic mass is 32.2. The molecule has 1 unspecified atom stereocenters. The van der Waals surface area contributed by atoms with Gasteiger partial charge >= 0.3 is 0 Å². The van der Waals surface area contributed by atoms with E-state index in [1.54, 1.807) is 11.8 Å². The van der Waals surface area contributed by atoms with Crippen molar-refractivity contribution in [1.29, 1.82) is 0 Å². The Bertz CT molecular complexity index is 201. The molecule has 0 saturated heterocycles. The van der Waals surface area contributed by atoms with E-state index in [0.717, 1.165) is 31.0 Å². The second-order valence-electron chi connectivity index (χ2n) is 4.50. The highest BCUT2D eigenvalue weighted by molar-refractivity contribution is 7.99. The zero-order valence-electron chi connectivity index (χ0n) is 11.2. The van der Waals surface area contributed by atoms with Gasteiger partial charge < -0.3 is 15.7 Å². The van der Waals surface area contributed by atoms with E-state index in [0.29, 0.717) is 5.92 Å². The maximum absolute atomic E-state index is 11.6. The lowest BCUT2D eigenvalue weighted by Gasteiger charge is -2.14. The van der Waals surface area contributed by atoms with Crippen LogP contribution >= 0.6 is 11.8 Å². The Balaban J connectivity index is 3.44. The molecule has 1 amide bonds. The first kappa shape index (κ1) is 16.7. The Morgan fingerprint density at radius 2 is 2.00 bits per heavy atom. The predicted molar refractivity (Wildman–Crippen MR) is 74.3 cm³/mol. The molecule has 0 aliphatic rings. The number of hydrogen-bond donors (Lipinski definition) is 3. The van der Waals surface area contributed by atoms with Gasteiger partial charge in [-0.15, -0.1) is 0 Å². The molecule has 5 heteroatoms. The average Bonchev–Trinajstić information content (AvgIpc) is 2.30. The summed E-state index contributed by atoms with van der Waals surface area (Å²) in [5.41, 5.74) is 0. The Hall–Kier alpha value is -0.260. The van der Waals surface area contributed by atoms with E-state index in [1.807, 2.05) is 6.92 Å². The second-order valence-corrected chi connectivity index (χ2v) is 5.73. The van der Waals surface area contributed by atoms with Crippen molar-refractivity contribution in [3.8, 4) is 0 Å². The molecule has 1 atom stereocenters. The van der Waals surface area contributed by atoms with E-state index in [2.05, 4.69) is 24.5 Å². The normalized spacial score (nSPS) is 12.8. The third-order valence-corrected chi connectivity index (χ3v) is 3.29. The van der Waals surface area contributed by atoms with Crippen LogP contribution in [0.1, 0.15) is 27.2 Å². The lowest BCUT2D eigenvalue weighted by atomic mass is 10.2. The van der Waals surface area contributed by atoms with Gasteiger partial charge in [0.1, 0.15) is 0 Å². The third kappa shape index (κ3) is 10.6. The maximum atomic E-state index is 11.6. The van der Waals surface area contributed by atoms with E-state index < -0.39 is 0 Å². The predicted octanol–water partition coefficient (Wildman–Crippen LogP) is 0.852. The minimum atomic E-state index is -0.132. The summed E-state index contributed by atoms with van der Waals surface area (Å²) in [6, 6.07) is -0.132. The number of amides is 1. The first-order valence-corrected chi connectivity index (χ1v) is 7.43. The molecule has 3 N–H and O–H groups in total. The molecule has 0 aliphatic heterocycles. The van der Waals surface area contributed by atoms with E-state index in [9.17, 15) is 4.79 Å². The molecule has 0 aliphatic carbocycles. The molecule has 4 nitrogen and oxygen atoms in total. The Morgan fingerprint density at radius 1 is 1.29 bits per heavy atom. The Labute approximate surface area is 109 Å². The summed E-state index contributed by atoms with van der Waals surface area (Å²) in [6.45, 7) is 7.86. The number of carbonyl (C=O) groups excluding carboxylic acids is 1. The van der Waals surface area contributed by atoms with Crippen molar-refractivity contribution in [2.24, 2.45) is 5.92 Å². The van der Waals surface area contributed by atoms with Crippen LogP contribution in [0.15, 0.2) is 0 Å². The van der Waals surface area contributed by atoms with Crippen LogP contribution in [0, 0.1) is 5.92 Å². The molecule has 0 fully saturated rings. The topological polar surface area (TPSA) is 61.4 Å². The first-order chi connectivity index (χ1) is 8.07. The number of aliphatic hydroxyl groups excluding tert-OH is 1. The minimum absolute atomic E-state index is 0.0686. The summed E-state index contributed by atoms with van der Waals surface area (Å²) in [5.74, 6) is 2.51. The highest BCUT2D eigenvalue weighted by Crippen LogP contribution is 2.00. The summed E-state index contributed by atoms with van der Waals surface area (Å²) in [7, 11) is 0. The summed E-state index contributed by atoms with van der Waals surface area (Å²) in [4.78, 5) is 11.6. The Kier molecular flexibility index (Phi) is 10.7. The fourth-order valence-corrected chi connectivity index (χ4v) is 1.97. The van der Waals surface area contributed by atoms with Crippen LogP contribution in [0.4, 0.5) is 0 Å². The number of hydrogen-bond acceptors (Lipinski definition) is 4. The summed E-state index contributed by atoms with van der Waals surface area (Å²) in [5, 5.41) is 14.7. The van der Waals surface area contributed by atoms with Crippen molar-refractivity contribution in [3.05, 3.63) is 0 Å². The van der Waals surface area contributed by atoms with Gasteiger partial charge in [0.25, 0.3) is 0 Å². The van der Waals surface area contributed by atoms with Crippen LogP contribution in [0.2, 0.25) is 0 Å². The van der Waals surface area contributed by atoms with Crippen LogP contribution in [-0.2, 0) is 4.79 Å². The SMILES string of the molecule is CC(C)CNC(=O)C(C)NCCSCCCO. The summed E-state index contributed by atoms with van der Waals surface area (Å²) < 4.78 is 0.